The molecule has 0 aliphatic heterocycles. The van der Waals surface area contributed by atoms with Gasteiger partial charge >= 0.3 is 6.61 Å². The van der Waals surface area contributed by atoms with Crippen LogP contribution in [0.15, 0.2) is 24.3 Å². The van der Waals surface area contributed by atoms with Gasteiger partial charge in [-0.1, -0.05) is 12.1 Å². The van der Waals surface area contributed by atoms with Gasteiger partial charge in [0.05, 0.1) is 12.6 Å². The molecule has 3 nitrogen and oxygen atoms in total. The van der Waals surface area contributed by atoms with Gasteiger partial charge in [0.15, 0.2) is 0 Å². The van der Waals surface area contributed by atoms with Gasteiger partial charge in [0.1, 0.15) is 5.75 Å². The summed E-state index contributed by atoms with van der Waals surface area (Å²) in [6.45, 7) is -3.09. The molecule has 0 aliphatic carbocycles. The number of halogens is 2. The van der Waals surface area contributed by atoms with E-state index in [0.717, 1.165) is 0 Å². The number of alkyl halides is 2. The molecule has 1 rings (SSSR count). The number of nitrogens with two attached hydrogens (primary N) is 1. The summed E-state index contributed by atoms with van der Waals surface area (Å²) in [6, 6.07) is 5.39. The minimum Gasteiger partial charge on any atom is -0.435 e. The second-order valence-electron chi connectivity index (χ2n) is 2.74. The van der Waals surface area contributed by atoms with Gasteiger partial charge in [-0.05, 0) is 17.7 Å². The van der Waals surface area contributed by atoms with Crippen LogP contribution in [0.4, 0.5) is 8.78 Å². The summed E-state index contributed by atoms with van der Waals surface area (Å²) in [7, 11) is 0. The number of hydrogen-bond acceptors (Lipinski definition) is 3. The fourth-order valence-electron chi connectivity index (χ4n) is 1.03. The zero-order valence-electron chi connectivity index (χ0n) is 7.36. The average molecular weight is 203 g/mol. The third-order valence-electron chi connectivity index (χ3n) is 1.71. The Hall–Kier alpha value is -1.20. The van der Waals surface area contributed by atoms with Crippen molar-refractivity contribution in [1.82, 2.24) is 0 Å². The molecule has 0 radical (unpaired) electrons. The minimum atomic E-state index is -2.85. The lowest BCUT2D eigenvalue weighted by Gasteiger charge is -2.10. The van der Waals surface area contributed by atoms with Crippen molar-refractivity contribution in [1.29, 1.82) is 0 Å². The summed E-state index contributed by atoms with van der Waals surface area (Å²) in [5.41, 5.74) is 6.06. The van der Waals surface area contributed by atoms with Crippen LogP contribution in [0.2, 0.25) is 0 Å². The highest BCUT2D eigenvalue weighted by Gasteiger charge is 2.08. The fourth-order valence-corrected chi connectivity index (χ4v) is 1.03. The van der Waals surface area contributed by atoms with Crippen LogP contribution in [-0.2, 0) is 0 Å². The van der Waals surface area contributed by atoms with Gasteiger partial charge in [0, 0.05) is 0 Å². The van der Waals surface area contributed by atoms with Gasteiger partial charge in [-0.15, -0.1) is 0 Å². The van der Waals surface area contributed by atoms with Crippen molar-refractivity contribution >= 4 is 0 Å². The SMILES string of the molecule is N[C@H](CO)c1cccc(OC(F)F)c1. The first-order valence-corrected chi connectivity index (χ1v) is 4.04. The highest BCUT2D eigenvalue weighted by Crippen LogP contribution is 2.19. The van der Waals surface area contributed by atoms with E-state index in [2.05, 4.69) is 4.74 Å². The molecule has 1 atom stereocenters. The number of benzene rings is 1. The van der Waals surface area contributed by atoms with E-state index in [4.69, 9.17) is 10.8 Å². The zero-order chi connectivity index (χ0) is 10.6. The standard InChI is InChI=1S/C9H11F2NO2/c10-9(11)14-7-3-1-2-6(4-7)8(12)5-13/h1-4,8-9,13H,5,12H2/t8-/m1/s1. The Kier molecular flexibility index (Phi) is 3.79. The minimum absolute atomic E-state index is 0.0430. The van der Waals surface area contributed by atoms with Crippen LogP contribution in [0, 0.1) is 0 Å². The van der Waals surface area contributed by atoms with E-state index in [1.807, 2.05) is 0 Å². The third kappa shape index (κ3) is 2.93. The van der Waals surface area contributed by atoms with Crippen molar-refractivity contribution in [2.45, 2.75) is 12.7 Å². The number of aliphatic hydroxyl groups is 1. The fraction of sp³-hybridized carbons (Fsp3) is 0.333. The largest absolute Gasteiger partial charge is 0.435 e. The maximum atomic E-state index is 11.8. The number of ether oxygens (including phenoxy) is 1. The second kappa shape index (κ2) is 4.88. The molecule has 0 fully saturated rings. The molecule has 5 heteroatoms. The maximum absolute atomic E-state index is 11.8. The Morgan fingerprint density at radius 2 is 2.14 bits per heavy atom. The highest BCUT2D eigenvalue weighted by molar-refractivity contribution is 5.30. The topological polar surface area (TPSA) is 55.5 Å². The summed E-state index contributed by atoms with van der Waals surface area (Å²) in [6.07, 6.45) is 0. The maximum Gasteiger partial charge on any atom is 0.387 e. The molecule has 3 N–H and O–H groups in total. The summed E-state index contributed by atoms with van der Waals surface area (Å²) in [5, 5.41) is 8.75. The Labute approximate surface area is 80.1 Å². The van der Waals surface area contributed by atoms with Gasteiger partial charge in [-0.3, -0.25) is 0 Å². The monoisotopic (exact) mass is 203 g/mol. The van der Waals surface area contributed by atoms with Gasteiger partial charge in [0.2, 0.25) is 0 Å². The first kappa shape index (κ1) is 10.9. The van der Waals surface area contributed by atoms with Crippen LogP contribution in [-0.4, -0.2) is 18.3 Å². The summed E-state index contributed by atoms with van der Waals surface area (Å²) in [4.78, 5) is 0. The molecule has 0 aliphatic rings. The molecule has 0 amide bonds. The average Bonchev–Trinajstić information content (AvgIpc) is 2.16. The van der Waals surface area contributed by atoms with E-state index in [0.29, 0.717) is 5.56 Å². The number of hydrogen-bond donors (Lipinski definition) is 2. The number of aliphatic hydroxyl groups excluding tert-OH is 1. The molecular formula is C9H11F2NO2. The molecule has 0 saturated heterocycles. The first-order chi connectivity index (χ1) is 6.63. The molecular weight excluding hydrogens is 192 g/mol. The first-order valence-electron chi connectivity index (χ1n) is 4.04. The molecule has 0 heterocycles. The molecule has 78 valence electrons. The van der Waals surface area contributed by atoms with Crippen LogP contribution in [0.5, 0.6) is 5.75 Å². The molecule has 0 saturated carbocycles. The van der Waals surface area contributed by atoms with Crippen molar-refractivity contribution in [2.24, 2.45) is 5.73 Å². The van der Waals surface area contributed by atoms with E-state index in [9.17, 15) is 8.78 Å². The molecule has 1 aromatic rings. The summed E-state index contributed by atoms with van der Waals surface area (Å²) in [5.74, 6) is 0.0430. The van der Waals surface area contributed by atoms with Crippen LogP contribution < -0.4 is 10.5 Å². The van der Waals surface area contributed by atoms with Crippen LogP contribution in [0.25, 0.3) is 0 Å². The lowest BCUT2D eigenvalue weighted by molar-refractivity contribution is -0.0499. The van der Waals surface area contributed by atoms with Gasteiger partial charge in [-0.2, -0.15) is 8.78 Å². The Morgan fingerprint density at radius 1 is 1.43 bits per heavy atom. The normalized spacial score (nSPS) is 12.9. The van der Waals surface area contributed by atoms with Gasteiger partial charge in [0.25, 0.3) is 0 Å². The van der Waals surface area contributed by atoms with E-state index in [1.165, 1.54) is 12.1 Å². The van der Waals surface area contributed by atoms with Crippen molar-refractivity contribution in [2.75, 3.05) is 6.61 Å². The van der Waals surface area contributed by atoms with Crippen molar-refractivity contribution in [3.05, 3.63) is 29.8 Å². The molecule has 1 aromatic carbocycles. The summed E-state index contributed by atoms with van der Waals surface area (Å²) < 4.78 is 27.8. The van der Waals surface area contributed by atoms with Crippen LogP contribution >= 0.6 is 0 Å². The van der Waals surface area contributed by atoms with Crippen molar-refractivity contribution in [3.63, 3.8) is 0 Å². The quantitative estimate of drug-likeness (QED) is 0.775. The van der Waals surface area contributed by atoms with Crippen LogP contribution in [0.3, 0.4) is 0 Å². The zero-order valence-corrected chi connectivity index (χ0v) is 7.36. The molecule has 0 bridgehead atoms. The lowest BCUT2D eigenvalue weighted by atomic mass is 10.1. The Balaban J connectivity index is 2.78. The van der Waals surface area contributed by atoms with E-state index in [-0.39, 0.29) is 12.4 Å². The van der Waals surface area contributed by atoms with Crippen molar-refractivity contribution < 1.29 is 18.6 Å². The number of rotatable bonds is 4. The van der Waals surface area contributed by atoms with Crippen molar-refractivity contribution in [3.8, 4) is 5.75 Å². The van der Waals surface area contributed by atoms with E-state index in [1.54, 1.807) is 12.1 Å². The third-order valence-corrected chi connectivity index (χ3v) is 1.71. The Morgan fingerprint density at radius 3 is 2.71 bits per heavy atom. The predicted molar refractivity (Wildman–Crippen MR) is 47.1 cm³/mol. The lowest BCUT2D eigenvalue weighted by Crippen LogP contribution is -2.14. The molecule has 0 unspecified atom stereocenters. The second-order valence-corrected chi connectivity index (χ2v) is 2.74. The van der Waals surface area contributed by atoms with E-state index < -0.39 is 12.7 Å². The molecule has 0 spiro atoms. The van der Waals surface area contributed by atoms with Crippen LogP contribution in [0.1, 0.15) is 11.6 Å². The van der Waals surface area contributed by atoms with E-state index >= 15 is 0 Å². The highest BCUT2D eigenvalue weighted by atomic mass is 19.3. The smallest absolute Gasteiger partial charge is 0.387 e. The Bertz CT molecular complexity index is 294. The predicted octanol–water partition coefficient (Wildman–Crippen LogP) is 1.28. The molecule has 14 heavy (non-hydrogen) atoms. The van der Waals surface area contributed by atoms with Gasteiger partial charge < -0.3 is 15.6 Å². The molecule has 0 aromatic heterocycles. The summed E-state index contributed by atoms with van der Waals surface area (Å²) >= 11 is 0. The van der Waals surface area contributed by atoms with Gasteiger partial charge in [-0.25, -0.2) is 0 Å².